The van der Waals surface area contributed by atoms with E-state index in [1.54, 1.807) is 0 Å². The Balaban J connectivity index is 1.93. The molecule has 0 saturated carbocycles. The van der Waals surface area contributed by atoms with E-state index in [4.69, 9.17) is 0 Å². The number of amides is 3. The maximum Gasteiger partial charge on any atom is 0.245 e. The van der Waals surface area contributed by atoms with Crippen LogP contribution in [0.1, 0.15) is 73.6 Å². The second-order valence-electron chi connectivity index (χ2n) is 11.3. The molecule has 2 fully saturated rings. The van der Waals surface area contributed by atoms with Gasteiger partial charge in [-0.3, -0.25) is 14.4 Å². The van der Waals surface area contributed by atoms with Gasteiger partial charge in [-0.1, -0.05) is 41.5 Å². The molecule has 190 valence electrons. The third-order valence-corrected chi connectivity index (χ3v) is 7.11. The van der Waals surface area contributed by atoms with Crippen molar-refractivity contribution in [2.24, 2.45) is 23.7 Å². The molecule has 3 amide bonds. The summed E-state index contributed by atoms with van der Waals surface area (Å²) in [6, 6.07) is -0.605. The molecule has 0 bridgehead atoms. The zero-order valence-corrected chi connectivity index (χ0v) is 22.1. The minimum absolute atomic E-state index is 0.0620. The van der Waals surface area contributed by atoms with Crippen LogP contribution in [-0.2, 0) is 14.4 Å². The number of hydrogen-bond donors (Lipinski definition) is 1. The van der Waals surface area contributed by atoms with Crippen molar-refractivity contribution in [1.29, 1.82) is 0 Å². The van der Waals surface area contributed by atoms with Crippen molar-refractivity contribution < 1.29 is 14.4 Å². The lowest BCUT2D eigenvalue weighted by Gasteiger charge is -2.43. The maximum absolute atomic E-state index is 13.5. The zero-order chi connectivity index (χ0) is 24.7. The fourth-order valence-electron chi connectivity index (χ4n) is 4.99. The maximum atomic E-state index is 13.5. The second-order valence-corrected chi connectivity index (χ2v) is 11.3. The van der Waals surface area contributed by atoms with E-state index >= 15 is 0 Å². The SMILES string of the molecule is CC(C)CCN(C)C(=O)CC1CCN(C(=O)C(C(C)C)N2CCN[C@@H](CC(C)C)C2=O)CC1. The van der Waals surface area contributed by atoms with E-state index in [1.807, 2.05) is 35.6 Å². The van der Waals surface area contributed by atoms with Crippen LogP contribution in [0.4, 0.5) is 0 Å². The van der Waals surface area contributed by atoms with Gasteiger partial charge < -0.3 is 20.0 Å². The minimum Gasteiger partial charge on any atom is -0.346 e. The standard InChI is InChI=1S/C26H48N4O3/c1-18(2)8-12-28(7)23(31)17-21-9-13-29(14-10-21)26(33)24(20(5)6)30-15-11-27-22(25(30)32)16-19(3)4/h18-22,24,27H,8-17H2,1-7H3/t22-,24?/m0/s1. The van der Waals surface area contributed by atoms with Gasteiger partial charge in [0.25, 0.3) is 0 Å². The van der Waals surface area contributed by atoms with Crippen molar-refractivity contribution in [3.05, 3.63) is 0 Å². The lowest BCUT2D eigenvalue weighted by Crippen LogP contribution is -2.63. The molecule has 0 radical (unpaired) electrons. The Morgan fingerprint density at radius 1 is 1.03 bits per heavy atom. The van der Waals surface area contributed by atoms with Crippen molar-refractivity contribution in [3.63, 3.8) is 0 Å². The third-order valence-electron chi connectivity index (χ3n) is 7.11. The number of carbonyl (C=O) groups is 3. The van der Waals surface area contributed by atoms with E-state index < -0.39 is 6.04 Å². The molecule has 2 rings (SSSR count). The highest BCUT2D eigenvalue weighted by atomic mass is 16.2. The van der Waals surface area contributed by atoms with Crippen LogP contribution in [0.2, 0.25) is 0 Å². The summed E-state index contributed by atoms with van der Waals surface area (Å²) in [5, 5.41) is 3.34. The molecule has 2 aliphatic heterocycles. The van der Waals surface area contributed by atoms with Crippen molar-refractivity contribution in [3.8, 4) is 0 Å². The summed E-state index contributed by atoms with van der Waals surface area (Å²) in [6.45, 7) is 16.1. The van der Waals surface area contributed by atoms with Crippen molar-refractivity contribution >= 4 is 17.7 Å². The molecule has 2 saturated heterocycles. The van der Waals surface area contributed by atoms with Crippen LogP contribution >= 0.6 is 0 Å². The lowest BCUT2D eigenvalue weighted by molar-refractivity contribution is -0.151. The Bertz CT molecular complexity index is 656. The van der Waals surface area contributed by atoms with E-state index in [0.717, 1.165) is 38.8 Å². The van der Waals surface area contributed by atoms with Gasteiger partial charge in [0.15, 0.2) is 0 Å². The van der Waals surface area contributed by atoms with Crippen LogP contribution in [0.25, 0.3) is 0 Å². The van der Waals surface area contributed by atoms with Gasteiger partial charge in [-0.15, -0.1) is 0 Å². The van der Waals surface area contributed by atoms with E-state index in [9.17, 15) is 14.4 Å². The van der Waals surface area contributed by atoms with Gasteiger partial charge in [0.05, 0.1) is 6.04 Å². The Hall–Kier alpha value is -1.63. The molecule has 0 aromatic carbocycles. The van der Waals surface area contributed by atoms with Gasteiger partial charge in [-0.05, 0) is 49.4 Å². The molecule has 1 unspecified atom stereocenters. The summed E-state index contributed by atoms with van der Waals surface area (Å²) >= 11 is 0. The zero-order valence-electron chi connectivity index (χ0n) is 22.1. The molecule has 0 aliphatic carbocycles. The monoisotopic (exact) mass is 464 g/mol. The first-order valence-electron chi connectivity index (χ1n) is 13.1. The molecule has 7 nitrogen and oxygen atoms in total. The molecule has 0 spiro atoms. The highest BCUT2D eigenvalue weighted by Crippen LogP contribution is 2.25. The van der Waals surface area contributed by atoms with Crippen LogP contribution in [0, 0.1) is 23.7 Å². The van der Waals surface area contributed by atoms with Crippen LogP contribution in [0.3, 0.4) is 0 Å². The molecule has 1 N–H and O–H groups in total. The third kappa shape index (κ3) is 7.97. The van der Waals surface area contributed by atoms with Gasteiger partial charge in [-0.2, -0.15) is 0 Å². The highest BCUT2D eigenvalue weighted by molar-refractivity contribution is 5.90. The molecule has 0 aromatic heterocycles. The quantitative estimate of drug-likeness (QED) is 0.539. The van der Waals surface area contributed by atoms with E-state index in [0.29, 0.717) is 43.8 Å². The highest BCUT2D eigenvalue weighted by Gasteiger charge is 2.40. The Labute approximate surface area is 201 Å². The number of nitrogens with zero attached hydrogens (tertiary/aromatic N) is 3. The summed E-state index contributed by atoms with van der Waals surface area (Å²) in [5.41, 5.74) is 0. The number of piperidine rings is 1. The second kappa shape index (κ2) is 12.7. The van der Waals surface area contributed by atoms with E-state index in [2.05, 4.69) is 33.0 Å². The van der Waals surface area contributed by atoms with Crippen molar-refractivity contribution in [1.82, 2.24) is 20.0 Å². The fraction of sp³-hybridized carbons (Fsp3) is 0.885. The number of rotatable bonds is 10. The van der Waals surface area contributed by atoms with Crippen LogP contribution in [0.5, 0.6) is 0 Å². The molecule has 2 heterocycles. The molecule has 33 heavy (non-hydrogen) atoms. The molecule has 7 heteroatoms. The number of piperazine rings is 1. The van der Waals surface area contributed by atoms with E-state index in [1.165, 1.54) is 0 Å². The fourth-order valence-corrected chi connectivity index (χ4v) is 4.99. The summed E-state index contributed by atoms with van der Waals surface area (Å²) in [5.74, 6) is 1.75. The average Bonchev–Trinajstić information content (AvgIpc) is 2.74. The summed E-state index contributed by atoms with van der Waals surface area (Å²) < 4.78 is 0. The first-order chi connectivity index (χ1) is 15.5. The first-order valence-corrected chi connectivity index (χ1v) is 13.1. The predicted octanol–water partition coefficient (Wildman–Crippen LogP) is 2.99. The smallest absolute Gasteiger partial charge is 0.245 e. The number of nitrogens with one attached hydrogen (secondary N) is 1. The molecular weight excluding hydrogens is 416 g/mol. The summed E-state index contributed by atoms with van der Waals surface area (Å²) in [7, 11) is 1.90. The van der Waals surface area contributed by atoms with Crippen molar-refractivity contribution in [2.45, 2.75) is 85.7 Å². The number of carbonyl (C=O) groups excluding carboxylic acids is 3. The minimum atomic E-state index is -0.408. The Morgan fingerprint density at radius 2 is 1.67 bits per heavy atom. The van der Waals surface area contributed by atoms with Crippen LogP contribution in [-0.4, -0.2) is 84.3 Å². The first kappa shape index (κ1) is 27.6. The molecular formula is C26H48N4O3. The largest absolute Gasteiger partial charge is 0.346 e. The van der Waals surface area contributed by atoms with Crippen molar-refractivity contribution in [2.75, 3.05) is 39.8 Å². The van der Waals surface area contributed by atoms with E-state index in [-0.39, 0.29) is 29.7 Å². The van der Waals surface area contributed by atoms with Gasteiger partial charge in [-0.25, -0.2) is 0 Å². The normalized spacial score (nSPS) is 21.3. The summed E-state index contributed by atoms with van der Waals surface area (Å²) in [6.07, 6.45) is 4.09. The topological polar surface area (TPSA) is 73.0 Å². The predicted molar refractivity (Wildman–Crippen MR) is 133 cm³/mol. The lowest BCUT2D eigenvalue weighted by atomic mass is 9.91. The van der Waals surface area contributed by atoms with Crippen LogP contribution in [0.15, 0.2) is 0 Å². The number of likely N-dealkylation sites (tertiary alicyclic amines) is 1. The number of hydrogen-bond acceptors (Lipinski definition) is 4. The Kier molecular flexibility index (Phi) is 10.6. The molecule has 2 aliphatic rings. The average molecular weight is 465 g/mol. The summed E-state index contributed by atoms with van der Waals surface area (Å²) in [4.78, 5) is 44.9. The van der Waals surface area contributed by atoms with Crippen LogP contribution < -0.4 is 5.32 Å². The van der Waals surface area contributed by atoms with Gasteiger partial charge in [0, 0.05) is 46.2 Å². The van der Waals surface area contributed by atoms with Gasteiger partial charge in [0.2, 0.25) is 17.7 Å². The molecule has 0 aromatic rings. The van der Waals surface area contributed by atoms with Gasteiger partial charge >= 0.3 is 0 Å². The molecule has 2 atom stereocenters. The van der Waals surface area contributed by atoms with Gasteiger partial charge in [0.1, 0.15) is 6.04 Å². The Morgan fingerprint density at radius 3 is 2.21 bits per heavy atom.